The molecule has 4 nitrogen and oxygen atoms in total. The van der Waals surface area contributed by atoms with E-state index in [9.17, 15) is 0 Å². The molecule has 2 aromatic rings. The Morgan fingerprint density at radius 1 is 1.26 bits per heavy atom. The molecule has 0 aliphatic heterocycles. The molecule has 0 spiro atoms. The minimum atomic E-state index is 0.504. The molecular weight excluding hydrogens is 303 g/mol. The van der Waals surface area contributed by atoms with Crippen LogP contribution in [0.2, 0.25) is 9.36 Å². The topological polar surface area (TPSA) is 49.8 Å². The first-order chi connectivity index (χ1) is 9.19. The van der Waals surface area contributed by atoms with Crippen molar-refractivity contribution in [3.63, 3.8) is 0 Å². The quantitative estimate of drug-likeness (QED) is 0.835. The molecule has 0 saturated heterocycles. The van der Waals surface area contributed by atoms with Gasteiger partial charge in [0.15, 0.2) is 5.82 Å². The summed E-state index contributed by atoms with van der Waals surface area (Å²) < 4.78 is 0.774. The van der Waals surface area contributed by atoms with Crippen LogP contribution in [-0.4, -0.2) is 16.5 Å². The summed E-state index contributed by atoms with van der Waals surface area (Å²) in [6, 6.07) is 3.85. The maximum Gasteiger partial charge on any atom is 0.224 e. The largest absolute Gasteiger partial charge is 0.364 e. The predicted octanol–water partition coefficient (Wildman–Crippen LogP) is 4.28. The average Bonchev–Trinajstić information content (AvgIpc) is 2.82. The van der Waals surface area contributed by atoms with Crippen LogP contribution in [0.15, 0.2) is 18.3 Å². The fraction of sp³-hybridized carbons (Fsp3) is 0.333. The van der Waals surface area contributed by atoms with Gasteiger partial charge in [-0.15, -0.1) is 11.3 Å². The van der Waals surface area contributed by atoms with Crippen molar-refractivity contribution >= 4 is 46.3 Å². The maximum absolute atomic E-state index is 6.06. The van der Waals surface area contributed by atoms with Gasteiger partial charge >= 0.3 is 0 Å². The fourth-order valence-electron chi connectivity index (χ4n) is 1.43. The van der Waals surface area contributed by atoms with Crippen LogP contribution < -0.4 is 10.6 Å². The van der Waals surface area contributed by atoms with E-state index in [2.05, 4.69) is 27.5 Å². The zero-order valence-corrected chi connectivity index (χ0v) is 12.7. The molecule has 0 amide bonds. The van der Waals surface area contributed by atoms with E-state index < -0.39 is 0 Å². The van der Waals surface area contributed by atoms with Gasteiger partial charge < -0.3 is 10.6 Å². The lowest BCUT2D eigenvalue weighted by Gasteiger charge is -2.08. The molecule has 0 aliphatic carbocycles. The summed E-state index contributed by atoms with van der Waals surface area (Å²) in [7, 11) is 0. The van der Waals surface area contributed by atoms with Crippen LogP contribution in [0.4, 0.5) is 11.8 Å². The molecule has 102 valence electrons. The van der Waals surface area contributed by atoms with Crippen LogP contribution in [-0.2, 0) is 6.54 Å². The van der Waals surface area contributed by atoms with Crippen molar-refractivity contribution in [2.45, 2.75) is 19.9 Å². The molecule has 0 radical (unpaired) electrons. The van der Waals surface area contributed by atoms with Crippen molar-refractivity contribution in [3.8, 4) is 0 Å². The Morgan fingerprint density at radius 3 is 2.79 bits per heavy atom. The summed E-state index contributed by atoms with van der Waals surface area (Å²) in [6.07, 6.45) is 2.61. The molecule has 0 aliphatic rings. The fourth-order valence-corrected chi connectivity index (χ4v) is 2.62. The Labute approximate surface area is 126 Å². The smallest absolute Gasteiger partial charge is 0.224 e. The first-order valence-electron chi connectivity index (χ1n) is 5.93. The first kappa shape index (κ1) is 14.4. The lowest BCUT2D eigenvalue weighted by Crippen LogP contribution is -2.07. The van der Waals surface area contributed by atoms with Crippen LogP contribution in [0.5, 0.6) is 0 Å². The number of nitrogens with one attached hydrogen (secondary N) is 2. The number of nitrogens with zero attached hydrogens (tertiary/aromatic N) is 2. The summed E-state index contributed by atoms with van der Waals surface area (Å²) in [5.41, 5.74) is 0. The number of hydrogen-bond donors (Lipinski definition) is 2. The molecule has 0 bridgehead atoms. The van der Waals surface area contributed by atoms with Crippen molar-refractivity contribution in [1.82, 2.24) is 9.97 Å². The van der Waals surface area contributed by atoms with E-state index in [1.807, 2.05) is 12.1 Å². The molecule has 2 heterocycles. The second-order valence-corrected chi connectivity index (χ2v) is 6.08. The van der Waals surface area contributed by atoms with Gasteiger partial charge in [-0.05, 0) is 18.6 Å². The zero-order valence-electron chi connectivity index (χ0n) is 10.4. The molecule has 0 unspecified atom stereocenters. The number of rotatable bonds is 6. The van der Waals surface area contributed by atoms with E-state index >= 15 is 0 Å². The Morgan fingerprint density at radius 2 is 2.11 bits per heavy atom. The van der Waals surface area contributed by atoms with Crippen LogP contribution >= 0.6 is 34.5 Å². The van der Waals surface area contributed by atoms with Crippen molar-refractivity contribution in [2.24, 2.45) is 0 Å². The third-order valence-electron chi connectivity index (χ3n) is 2.34. The van der Waals surface area contributed by atoms with Gasteiger partial charge in [-0.1, -0.05) is 30.1 Å². The molecular formula is C12H14Cl2N4S. The molecule has 0 aromatic carbocycles. The third-order valence-corrected chi connectivity index (χ3v) is 3.84. The molecule has 0 saturated carbocycles. The van der Waals surface area contributed by atoms with Crippen molar-refractivity contribution in [1.29, 1.82) is 0 Å². The van der Waals surface area contributed by atoms with Gasteiger partial charge in [0, 0.05) is 11.4 Å². The monoisotopic (exact) mass is 316 g/mol. The van der Waals surface area contributed by atoms with E-state index in [1.54, 1.807) is 6.20 Å². The predicted molar refractivity (Wildman–Crippen MR) is 82.5 cm³/mol. The highest BCUT2D eigenvalue weighted by Gasteiger charge is 2.06. The number of aromatic nitrogens is 2. The Bertz CT molecular complexity index is 544. The average molecular weight is 317 g/mol. The summed E-state index contributed by atoms with van der Waals surface area (Å²) in [5, 5.41) is 6.82. The highest BCUT2D eigenvalue weighted by molar-refractivity contribution is 7.16. The molecule has 2 N–H and O–H groups in total. The highest BCUT2D eigenvalue weighted by Crippen LogP contribution is 2.24. The molecule has 7 heteroatoms. The molecule has 0 atom stereocenters. The van der Waals surface area contributed by atoms with Crippen molar-refractivity contribution < 1.29 is 0 Å². The Balaban J connectivity index is 2.02. The normalized spacial score (nSPS) is 10.5. The molecule has 0 fully saturated rings. The van der Waals surface area contributed by atoms with Crippen LogP contribution in [0.3, 0.4) is 0 Å². The van der Waals surface area contributed by atoms with Gasteiger partial charge in [-0.25, -0.2) is 4.98 Å². The summed E-state index contributed by atoms with van der Waals surface area (Å²) >= 11 is 13.5. The minimum absolute atomic E-state index is 0.504. The SMILES string of the molecule is CCCNc1ncc(Cl)c(NCc2ccc(Cl)s2)n1. The number of thiophene rings is 1. The summed E-state index contributed by atoms with van der Waals surface area (Å²) in [5.74, 6) is 1.21. The summed E-state index contributed by atoms with van der Waals surface area (Å²) in [4.78, 5) is 9.59. The summed E-state index contributed by atoms with van der Waals surface area (Å²) in [6.45, 7) is 3.56. The Hall–Kier alpha value is -1.04. The zero-order chi connectivity index (χ0) is 13.7. The minimum Gasteiger partial charge on any atom is -0.364 e. The third kappa shape index (κ3) is 4.23. The number of hydrogen-bond acceptors (Lipinski definition) is 5. The molecule has 2 aromatic heterocycles. The lowest BCUT2D eigenvalue weighted by atomic mass is 10.4. The van der Waals surface area contributed by atoms with E-state index in [0.29, 0.717) is 23.3 Å². The van der Waals surface area contributed by atoms with Crippen LogP contribution in [0.25, 0.3) is 0 Å². The second-order valence-electron chi connectivity index (χ2n) is 3.88. The van der Waals surface area contributed by atoms with E-state index in [4.69, 9.17) is 23.2 Å². The molecule has 2 rings (SSSR count). The molecule has 19 heavy (non-hydrogen) atoms. The standard InChI is InChI=1S/C12H14Cl2N4S/c1-2-5-15-12-17-7-9(13)11(18-12)16-6-8-3-4-10(14)19-8/h3-4,7H,2,5-6H2,1H3,(H2,15,16,17,18). The lowest BCUT2D eigenvalue weighted by molar-refractivity contribution is 0.951. The number of anilines is 2. The van der Waals surface area contributed by atoms with Gasteiger partial charge in [0.25, 0.3) is 0 Å². The van der Waals surface area contributed by atoms with Crippen molar-refractivity contribution in [2.75, 3.05) is 17.2 Å². The maximum atomic E-state index is 6.06. The first-order valence-corrected chi connectivity index (χ1v) is 7.50. The van der Waals surface area contributed by atoms with Gasteiger partial charge in [-0.2, -0.15) is 4.98 Å². The van der Waals surface area contributed by atoms with Gasteiger partial charge in [0.1, 0.15) is 5.02 Å². The van der Waals surface area contributed by atoms with Crippen LogP contribution in [0, 0.1) is 0 Å². The Kier molecular flexibility index (Phi) is 5.24. The van der Waals surface area contributed by atoms with E-state index in [-0.39, 0.29) is 0 Å². The van der Waals surface area contributed by atoms with Gasteiger partial charge in [-0.3, -0.25) is 0 Å². The van der Waals surface area contributed by atoms with E-state index in [0.717, 1.165) is 22.2 Å². The highest BCUT2D eigenvalue weighted by atomic mass is 35.5. The van der Waals surface area contributed by atoms with Gasteiger partial charge in [0.05, 0.1) is 17.1 Å². The van der Waals surface area contributed by atoms with Crippen LogP contribution in [0.1, 0.15) is 18.2 Å². The van der Waals surface area contributed by atoms with Crippen molar-refractivity contribution in [3.05, 3.63) is 32.6 Å². The van der Waals surface area contributed by atoms with E-state index in [1.165, 1.54) is 11.3 Å². The second kappa shape index (κ2) is 6.93. The number of halogens is 2. The van der Waals surface area contributed by atoms with Gasteiger partial charge in [0.2, 0.25) is 5.95 Å².